The van der Waals surface area contributed by atoms with Crippen LogP contribution < -0.4 is 4.74 Å². The van der Waals surface area contributed by atoms with Crippen molar-refractivity contribution in [2.24, 2.45) is 13.0 Å². The molecule has 0 unspecified atom stereocenters. The Kier molecular flexibility index (Phi) is 4.36. The summed E-state index contributed by atoms with van der Waals surface area (Å²) in [6, 6.07) is 6.02. The van der Waals surface area contributed by atoms with Gasteiger partial charge in [-0.3, -0.25) is 4.79 Å². The van der Waals surface area contributed by atoms with E-state index in [4.69, 9.17) is 4.74 Å². The fourth-order valence-corrected chi connectivity index (χ4v) is 3.50. The van der Waals surface area contributed by atoms with Crippen molar-refractivity contribution in [3.05, 3.63) is 54.2 Å². The van der Waals surface area contributed by atoms with E-state index >= 15 is 0 Å². The third-order valence-corrected chi connectivity index (χ3v) is 4.87. The van der Waals surface area contributed by atoms with Gasteiger partial charge in [-0.1, -0.05) is 0 Å². The van der Waals surface area contributed by atoms with Crippen LogP contribution in [-0.2, 0) is 7.05 Å². The molecule has 7 heteroatoms. The van der Waals surface area contributed by atoms with Crippen molar-refractivity contribution in [3.63, 3.8) is 0 Å². The monoisotopic (exact) mass is 356 g/mol. The number of ether oxygens (including phenoxy) is 1. The summed E-state index contributed by atoms with van der Waals surface area (Å²) in [7, 11) is 1.91. The zero-order valence-corrected chi connectivity index (χ0v) is 14.6. The van der Waals surface area contributed by atoms with Crippen molar-refractivity contribution in [2.75, 3.05) is 19.7 Å². The van der Waals surface area contributed by atoms with Gasteiger partial charge in [0.15, 0.2) is 0 Å². The average molecular weight is 356 g/mol. The number of carbonyl (C=O) groups is 1. The van der Waals surface area contributed by atoms with Crippen LogP contribution in [0.3, 0.4) is 0 Å². The molecule has 2 aromatic heterocycles. The highest BCUT2D eigenvalue weighted by Crippen LogP contribution is 2.22. The van der Waals surface area contributed by atoms with Gasteiger partial charge in [-0.2, -0.15) is 5.10 Å². The van der Waals surface area contributed by atoms with Gasteiger partial charge in [0.1, 0.15) is 22.8 Å². The second kappa shape index (κ2) is 6.82. The summed E-state index contributed by atoms with van der Waals surface area (Å²) in [5.74, 6) is 0.641. The molecule has 1 aliphatic rings. The topological polar surface area (TPSA) is 51.8 Å². The SMILES string of the molecule is Cn1ccn2ncc(C(=O)N3CCC[C@@H](COc4ccc(F)cc4)C3)c12. The maximum atomic E-state index is 13.0. The molecule has 1 fully saturated rings. The molecule has 0 saturated carbocycles. The Labute approximate surface area is 150 Å². The summed E-state index contributed by atoms with van der Waals surface area (Å²) in [6.45, 7) is 1.92. The van der Waals surface area contributed by atoms with Gasteiger partial charge in [0.05, 0.1) is 12.8 Å². The highest BCUT2D eigenvalue weighted by atomic mass is 19.1. The highest BCUT2D eigenvalue weighted by Gasteiger charge is 2.27. The number of hydrogen-bond donors (Lipinski definition) is 0. The molecule has 1 aromatic carbocycles. The molecule has 1 aliphatic heterocycles. The summed E-state index contributed by atoms with van der Waals surface area (Å²) >= 11 is 0. The van der Waals surface area contributed by atoms with Crippen molar-refractivity contribution in [1.82, 2.24) is 19.1 Å². The van der Waals surface area contributed by atoms with Crippen LogP contribution in [0.2, 0.25) is 0 Å². The van der Waals surface area contributed by atoms with E-state index in [1.165, 1.54) is 12.1 Å². The Hall–Kier alpha value is -2.83. The van der Waals surface area contributed by atoms with Gasteiger partial charge in [0.2, 0.25) is 0 Å². The van der Waals surface area contributed by atoms with Crippen LogP contribution in [0, 0.1) is 11.7 Å². The van der Waals surface area contributed by atoms with Crippen LogP contribution >= 0.6 is 0 Å². The molecule has 6 nitrogen and oxygen atoms in total. The van der Waals surface area contributed by atoms with Gasteiger partial charge >= 0.3 is 0 Å². The summed E-state index contributed by atoms with van der Waals surface area (Å²) in [5.41, 5.74) is 1.43. The predicted molar refractivity (Wildman–Crippen MR) is 94.7 cm³/mol. The van der Waals surface area contributed by atoms with E-state index in [1.54, 1.807) is 22.8 Å². The second-order valence-corrected chi connectivity index (χ2v) is 6.76. The fraction of sp³-hybridized carbons (Fsp3) is 0.368. The van der Waals surface area contributed by atoms with Gasteiger partial charge in [-0.05, 0) is 37.1 Å². The average Bonchev–Trinajstić information content (AvgIpc) is 3.24. The predicted octanol–water partition coefficient (Wildman–Crippen LogP) is 2.74. The number of piperidine rings is 1. The number of benzene rings is 1. The van der Waals surface area contributed by atoms with E-state index in [1.807, 2.05) is 28.9 Å². The molecule has 3 aromatic rings. The van der Waals surface area contributed by atoms with Crippen LogP contribution in [0.15, 0.2) is 42.9 Å². The Balaban J connectivity index is 1.42. The molecule has 0 aliphatic carbocycles. The number of amides is 1. The second-order valence-electron chi connectivity index (χ2n) is 6.76. The van der Waals surface area contributed by atoms with Crippen LogP contribution in [0.1, 0.15) is 23.2 Å². The number of imidazole rings is 1. The van der Waals surface area contributed by atoms with Crippen LogP contribution in [0.5, 0.6) is 5.75 Å². The molecule has 1 saturated heterocycles. The lowest BCUT2D eigenvalue weighted by Crippen LogP contribution is -2.41. The smallest absolute Gasteiger partial charge is 0.259 e. The van der Waals surface area contributed by atoms with Crippen LogP contribution in [0.25, 0.3) is 5.65 Å². The minimum atomic E-state index is -0.278. The third-order valence-electron chi connectivity index (χ3n) is 4.87. The maximum absolute atomic E-state index is 13.0. The summed E-state index contributed by atoms with van der Waals surface area (Å²) in [5, 5.41) is 4.25. The number of likely N-dealkylation sites (tertiary alicyclic amines) is 1. The highest BCUT2D eigenvalue weighted by molar-refractivity contribution is 5.99. The van der Waals surface area contributed by atoms with Crippen LogP contribution in [-0.4, -0.2) is 44.7 Å². The first-order valence-corrected chi connectivity index (χ1v) is 8.78. The number of halogens is 1. The molecule has 4 rings (SSSR count). The zero-order chi connectivity index (χ0) is 18.1. The molecule has 0 radical (unpaired) electrons. The summed E-state index contributed by atoms with van der Waals surface area (Å²) in [6.07, 6.45) is 7.31. The largest absolute Gasteiger partial charge is 0.493 e. The molecule has 3 heterocycles. The molecule has 1 atom stereocenters. The maximum Gasteiger partial charge on any atom is 0.259 e. The van der Waals surface area contributed by atoms with E-state index in [0.29, 0.717) is 24.5 Å². The van der Waals surface area contributed by atoms with E-state index in [2.05, 4.69) is 5.10 Å². The van der Waals surface area contributed by atoms with Gasteiger partial charge in [-0.15, -0.1) is 0 Å². The number of rotatable bonds is 4. The molecule has 0 spiro atoms. The number of hydrogen-bond acceptors (Lipinski definition) is 3. The van der Waals surface area contributed by atoms with Gasteiger partial charge in [0.25, 0.3) is 5.91 Å². The van der Waals surface area contributed by atoms with Gasteiger partial charge in [-0.25, -0.2) is 8.91 Å². The van der Waals surface area contributed by atoms with E-state index in [-0.39, 0.29) is 17.6 Å². The first kappa shape index (κ1) is 16.6. The standard InChI is InChI=1S/C19H21FN4O2/c1-22-9-10-24-18(22)17(11-21-24)19(25)23-8-2-3-14(12-23)13-26-16-6-4-15(20)5-7-16/h4-7,9-11,14H,2-3,8,12-13H2,1H3/t14-/m1/s1. The lowest BCUT2D eigenvalue weighted by molar-refractivity contribution is 0.0635. The summed E-state index contributed by atoms with van der Waals surface area (Å²) < 4.78 is 22.4. The van der Waals surface area contributed by atoms with E-state index in [9.17, 15) is 9.18 Å². The van der Waals surface area contributed by atoms with Gasteiger partial charge < -0.3 is 14.2 Å². The van der Waals surface area contributed by atoms with E-state index < -0.39 is 0 Å². The number of nitrogens with zero attached hydrogens (tertiary/aromatic N) is 4. The number of aromatic nitrogens is 3. The fourth-order valence-electron chi connectivity index (χ4n) is 3.50. The molecule has 136 valence electrons. The molecule has 0 N–H and O–H groups in total. The quantitative estimate of drug-likeness (QED) is 0.722. The number of aryl methyl sites for hydroxylation is 1. The van der Waals surface area contributed by atoms with Gasteiger partial charge in [0, 0.05) is 38.4 Å². The number of carbonyl (C=O) groups excluding carboxylic acids is 1. The first-order valence-electron chi connectivity index (χ1n) is 8.78. The number of fused-ring (bicyclic) bond motifs is 1. The van der Waals surface area contributed by atoms with Crippen molar-refractivity contribution in [2.45, 2.75) is 12.8 Å². The lowest BCUT2D eigenvalue weighted by atomic mass is 9.98. The normalized spacial score (nSPS) is 17.6. The molecule has 1 amide bonds. The minimum Gasteiger partial charge on any atom is -0.493 e. The molecular formula is C19H21FN4O2. The third kappa shape index (κ3) is 3.16. The Morgan fingerprint density at radius 1 is 1.31 bits per heavy atom. The molecule has 26 heavy (non-hydrogen) atoms. The molecular weight excluding hydrogens is 335 g/mol. The Morgan fingerprint density at radius 3 is 2.92 bits per heavy atom. The Bertz CT molecular complexity index is 915. The first-order chi connectivity index (χ1) is 12.6. The zero-order valence-electron chi connectivity index (χ0n) is 14.6. The van der Waals surface area contributed by atoms with Crippen LogP contribution in [0.4, 0.5) is 4.39 Å². The Morgan fingerprint density at radius 2 is 2.12 bits per heavy atom. The lowest BCUT2D eigenvalue weighted by Gasteiger charge is -2.32. The van der Waals surface area contributed by atoms with E-state index in [0.717, 1.165) is 25.0 Å². The molecule has 0 bridgehead atoms. The van der Waals surface area contributed by atoms with Crippen molar-refractivity contribution in [1.29, 1.82) is 0 Å². The summed E-state index contributed by atoms with van der Waals surface area (Å²) in [4.78, 5) is 14.8. The minimum absolute atomic E-state index is 0.00767. The van der Waals surface area contributed by atoms with Crippen molar-refractivity contribution >= 4 is 11.6 Å². The van der Waals surface area contributed by atoms with Crippen molar-refractivity contribution < 1.29 is 13.9 Å². The van der Waals surface area contributed by atoms with Crippen molar-refractivity contribution in [3.8, 4) is 5.75 Å².